The molecule has 1 amide bonds. The second-order valence-electron chi connectivity index (χ2n) is 5.07. The number of phenolic OH excluding ortho intramolecular Hbond substituents is 1. The Kier molecular flexibility index (Phi) is 3.87. The molecule has 98 valence electrons. The predicted octanol–water partition coefficient (Wildman–Crippen LogP) is 1.21. The molecule has 1 fully saturated rings. The zero-order valence-electron chi connectivity index (χ0n) is 10.9. The molecule has 2 N–H and O–H groups in total. The number of benzene rings is 1. The second-order valence-corrected chi connectivity index (χ2v) is 5.07. The van der Waals surface area contributed by atoms with E-state index in [1.54, 1.807) is 17.0 Å². The summed E-state index contributed by atoms with van der Waals surface area (Å²) < 4.78 is 0. The molecule has 1 aliphatic heterocycles. The number of nitrogens with one attached hydrogen (secondary N) is 1. The summed E-state index contributed by atoms with van der Waals surface area (Å²) in [5, 5.41) is 12.4. The Hall–Kier alpha value is -1.55. The van der Waals surface area contributed by atoms with E-state index in [-0.39, 0.29) is 17.6 Å². The summed E-state index contributed by atoms with van der Waals surface area (Å²) in [4.78, 5) is 14.0. The van der Waals surface area contributed by atoms with Crippen LogP contribution in [0, 0.1) is 11.8 Å². The van der Waals surface area contributed by atoms with Gasteiger partial charge in [0.25, 0.3) is 0 Å². The molecule has 4 nitrogen and oxygen atoms in total. The Bertz CT molecular complexity index is 412. The van der Waals surface area contributed by atoms with Crippen LogP contribution in [0.5, 0.6) is 5.75 Å². The molecule has 0 aliphatic carbocycles. The summed E-state index contributed by atoms with van der Waals surface area (Å²) >= 11 is 0. The Morgan fingerprint density at radius 3 is 2.56 bits per heavy atom. The van der Waals surface area contributed by atoms with E-state index < -0.39 is 0 Å². The largest absolute Gasteiger partial charge is 0.508 e. The van der Waals surface area contributed by atoms with Crippen LogP contribution in [0.4, 0.5) is 0 Å². The molecule has 0 saturated carbocycles. The van der Waals surface area contributed by atoms with E-state index in [1.165, 1.54) is 0 Å². The van der Waals surface area contributed by atoms with Crippen molar-refractivity contribution in [1.82, 2.24) is 10.2 Å². The van der Waals surface area contributed by atoms with Crippen LogP contribution < -0.4 is 5.32 Å². The molecular weight excluding hydrogens is 228 g/mol. The highest BCUT2D eigenvalue weighted by molar-refractivity contribution is 5.78. The highest BCUT2D eigenvalue weighted by Gasteiger charge is 2.30. The first kappa shape index (κ1) is 12.9. The van der Waals surface area contributed by atoms with Gasteiger partial charge in [0.2, 0.25) is 5.91 Å². The molecule has 0 spiro atoms. The topological polar surface area (TPSA) is 52.6 Å². The van der Waals surface area contributed by atoms with Crippen LogP contribution in [0.1, 0.15) is 12.5 Å². The van der Waals surface area contributed by atoms with Crippen molar-refractivity contribution in [2.75, 3.05) is 20.1 Å². The predicted molar refractivity (Wildman–Crippen MR) is 70.1 cm³/mol. The molecule has 2 rings (SSSR count). The fourth-order valence-electron chi connectivity index (χ4n) is 2.17. The molecule has 0 radical (unpaired) electrons. The van der Waals surface area contributed by atoms with Gasteiger partial charge in [0.15, 0.2) is 0 Å². The van der Waals surface area contributed by atoms with Gasteiger partial charge in [-0.05, 0) is 36.7 Å². The van der Waals surface area contributed by atoms with Crippen LogP contribution >= 0.6 is 0 Å². The summed E-state index contributed by atoms with van der Waals surface area (Å²) in [7, 11) is 1.83. The van der Waals surface area contributed by atoms with Crippen LogP contribution in [0.2, 0.25) is 0 Å². The number of carbonyl (C=O) groups is 1. The molecule has 1 aromatic rings. The van der Waals surface area contributed by atoms with E-state index in [2.05, 4.69) is 5.32 Å². The van der Waals surface area contributed by atoms with Crippen LogP contribution in [0.3, 0.4) is 0 Å². The van der Waals surface area contributed by atoms with E-state index in [1.807, 2.05) is 26.1 Å². The molecule has 0 aromatic heterocycles. The van der Waals surface area contributed by atoms with Crippen molar-refractivity contribution in [3.8, 4) is 5.75 Å². The number of aromatic hydroxyl groups is 1. The molecule has 1 aromatic carbocycles. The van der Waals surface area contributed by atoms with Crippen molar-refractivity contribution in [1.29, 1.82) is 0 Å². The Balaban J connectivity index is 1.92. The maximum atomic E-state index is 12.2. The van der Waals surface area contributed by atoms with Crippen LogP contribution in [0.25, 0.3) is 0 Å². The number of rotatable bonds is 4. The van der Waals surface area contributed by atoms with Crippen molar-refractivity contribution >= 4 is 5.91 Å². The lowest BCUT2D eigenvalue weighted by Crippen LogP contribution is -2.49. The van der Waals surface area contributed by atoms with Gasteiger partial charge in [-0.3, -0.25) is 4.79 Å². The summed E-state index contributed by atoms with van der Waals surface area (Å²) in [6.45, 7) is 4.48. The number of amides is 1. The third-order valence-corrected chi connectivity index (χ3v) is 3.64. The summed E-state index contributed by atoms with van der Waals surface area (Å²) in [6.07, 6.45) is 0. The summed E-state index contributed by atoms with van der Waals surface area (Å²) in [5.74, 6) is 0.990. The highest BCUT2D eigenvalue weighted by atomic mass is 16.3. The lowest BCUT2D eigenvalue weighted by Gasteiger charge is -2.34. The van der Waals surface area contributed by atoms with Gasteiger partial charge in [-0.2, -0.15) is 0 Å². The van der Waals surface area contributed by atoms with Gasteiger partial charge in [-0.15, -0.1) is 0 Å². The first-order valence-electron chi connectivity index (χ1n) is 6.31. The first-order chi connectivity index (χ1) is 8.58. The van der Waals surface area contributed by atoms with Crippen molar-refractivity contribution in [3.63, 3.8) is 0 Å². The zero-order valence-corrected chi connectivity index (χ0v) is 10.9. The quantitative estimate of drug-likeness (QED) is 0.842. The van der Waals surface area contributed by atoms with E-state index in [0.717, 1.165) is 18.7 Å². The van der Waals surface area contributed by atoms with E-state index in [4.69, 9.17) is 0 Å². The molecule has 1 unspecified atom stereocenters. The van der Waals surface area contributed by atoms with E-state index in [0.29, 0.717) is 12.5 Å². The molecule has 1 atom stereocenters. The third-order valence-electron chi connectivity index (χ3n) is 3.64. The normalized spacial score (nSPS) is 17.0. The second kappa shape index (κ2) is 5.40. The zero-order chi connectivity index (χ0) is 13.1. The number of nitrogens with zero attached hydrogens (tertiary/aromatic N) is 1. The standard InChI is InChI=1S/C14H20N2O2/c1-10(12-7-15-8-12)14(18)16(2)9-11-3-5-13(17)6-4-11/h3-6,10,12,15,17H,7-9H2,1-2H3. The van der Waals surface area contributed by atoms with Crippen LogP contribution in [0.15, 0.2) is 24.3 Å². The van der Waals surface area contributed by atoms with Crippen LogP contribution in [-0.4, -0.2) is 36.1 Å². The molecule has 18 heavy (non-hydrogen) atoms. The molecule has 1 aliphatic rings. The fraction of sp³-hybridized carbons (Fsp3) is 0.500. The number of carbonyl (C=O) groups excluding carboxylic acids is 1. The average Bonchev–Trinajstić information content (AvgIpc) is 2.28. The van der Waals surface area contributed by atoms with Gasteiger partial charge in [0.1, 0.15) is 5.75 Å². The van der Waals surface area contributed by atoms with Crippen molar-refractivity contribution in [3.05, 3.63) is 29.8 Å². The van der Waals surface area contributed by atoms with Gasteiger partial charge in [0, 0.05) is 19.5 Å². The minimum atomic E-state index is 0.0772. The van der Waals surface area contributed by atoms with Gasteiger partial charge in [-0.1, -0.05) is 19.1 Å². The molecular formula is C14H20N2O2. The monoisotopic (exact) mass is 248 g/mol. The lowest BCUT2D eigenvalue weighted by molar-refractivity contribution is -0.136. The average molecular weight is 248 g/mol. The smallest absolute Gasteiger partial charge is 0.225 e. The number of hydrogen-bond acceptors (Lipinski definition) is 3. The lowest BCUT2D eigenvalue weighted by atomic mass is 9.88. The highest BCUT2D eigenvalue weighted by Crippen LogP contribution is 2.19. The molecule has 4 heteroatoms. The van der Waals surface area contributed by atoms with E-state index in [9.17, 15) is 9.90 Å². The Morgan fingerprint density at radius 1 is 1.44 bits per heavy atom. The number of hydrogen-bond donors (Lipinski definition) is 2. The summed E-state index contributed by atoms with van der Waals surface area (Å²) in [5.41, 5.74) is 1.03. The van der Waals surface area contributed by atoms with Gasteiger partial charge >= 0.3 is 0 Å². The Labute approximate surface area is 108 Å². The van der Waals surface area contributed by atoms with Crippen molar-refractivity contribution < 1.29 is 9.90 Å². The third kappa shape index (κ3) is 2.82. The molecule has 1 heterocycles. The first-order valence-corrected chi connectivity index (χ1v) is 6.31. The van der Waals surface area contributed by atoms with Crippen molar-refractivity contribution in [2.45, 2.75) is 13.5 Å². The van der Waals surface area contributed by atoms with Crippen LogP contribution in [-0.2, 0) is 11.3 Å². The van der Waals surface area contributed by atoms with Gasteiger partial charge in [0.05, 0.1) is 0 Å². The minimum absolute atomic E-state index is 0.0772. The van der Waals surface area contributed by atoms with Gasteiger partial charge in [-0.25, -0.2) is 0 Å². The minimum Gasteiger partial charge on any atom is -0.508 e. The van der Waals surface area contributed by atoms with E-state index >= 15 is 0 Å². The molecule has 0 bridgehead atoms. The van der Waals surface area contributed by atoms with Gasteiger partial charge < -0.3 is 15.3 Å². The Morgan fingerprint density at radius 2 is 2.06 bits per heavy atom. The maximum absolute atomic E-state index is 12.2. The number of phenols is 1. The van der Waals surface area contributed by atoms with Crippen molar-refractivity contribution in [2.24, 2.45) is 11.8 Å². The molecule has 1 saturated heterocycles. The fourth-order valence-corrected chi connectivity index (χ4v) is 2.17. The summed E-state index contributed by atoms with van der Waals surface area (Å²) in [6, 6.07) is 6.98. The maximum Gasteiger partial charge on any atom is 0.225 e. The SMILES string of the molecule is CC(C(=O)N(C)Cc1ccc(O)cc1)C1CNC1.